The predicted molar refractivity (Wildman–Crippen MR) is 85.0 cm³/mol. The van der Waals surface area contributed by atoms with Crippen LogP contribution in [0.3, 0.4) is 0 Å². The molecule has 1 aromatic rings. The molecular weight excluding hydrogens is 306 g/mol. The van der Waals surface area contributed by atoms with E-state index in [1.165, 1.54) is 7.11 Å². The Kier molecular flexibility index (Phi) is 7.18. The lowest BCUT2D eigenvalue weighted by Crippen LogP contribution is -2.46. The number of hydrogen-bond donors (Lipinski definition) is 1. The maximum atomic E-state index is 12.1. The van der Waals surface area contributed by atoms with Gasteiger partial charge in [0.2, 0.25) is 0 Å². The van der Waals surface area contributed by atoms with Gasteiger partial charge in [-0.1, -0.05) is 11.6 Å². The summed E-state index contributed by atoms with van der Waals surface area (Å²) in [5, 5.41) is 3.42. The number of carbonyl (C=O) groups is 2. The van der Waals surface area contributed by atoms with Crippen molar-refractivity contribution < 1.29 is 19.1 Å². The number of methoxy groups -OCH3 is 1. The first kappa shape index (κ1) is 18.3. The molecule has 0 unspecified atom stereocenters. The van der Waals surface area contributed by atoms with E-state index in [0.29, 0.717) is 36.6 Å². The minimum atomic E-state index is -0.990. The summed E-state index contributed by atoms with van der Waals surface area (Å²) in [6.07, 6.45) is 1.74. The summed E-state index contributed by atoms with van der Waals surface area (Å²) >= 11 is 5.81. The van der Waals surface area contributed by atoms with Crippen LogP contribution in [-0.4, -0.2) is 31.1 Å². The second kappa shape index (κ2) is 8.63. The van der Waals surface area contributed by atoms with Crippen LogP contribution in [0, 0.1) is 0 Å². The lowest BCUT2D eigenvalue weighted by molar-refractivity contribution is -0.140. The summed E-state index contributed by atoms with van der Waals surface area (Å²) in [4.78, 5) is 23.1. The number of ether oxygens (including phenoxy) is 2. The van der Waals surface area contributed by atoms with E-state index in [-0.39, 0.29) is 11.9 Å². The van der Waals surface area contributed by atoms with Crippen molar-refractivity contribution in [2.75, 3.05) is 13.7 Å². The van der Waals surface area contributed by atoms with E-state index in [4.69, 9.17) is 16.3 Å². The zero-order valence-corrected chi connectivity index (χ0v) is 13.9. The Labute approximate surface area is 135 Å². The molecule has 0 saturated carbocycles. The number of hydrogen-bond acceptors (Lipinski definition) is 4. The lowest BCUT2D eigenvalue weighted by atomic mass is 10.1. The van der Waals surface area contributed by atoms with Crippen LogP contribution in [0.15, 0.2) is 24.3 Å². The fraction of sp³-hybridized carbons (Fsp3) is 0.500. The number of esters is 1. The Hall–Kier alpha value is -1.75. The third-order valence-electron chi connectivity index (χ3n) is 3.05. The summed E-state index contributed by atoms with van der Waals surface area (Å²) < 4.78 is 10.2. The maximum absolute atomic E-state index is 12.1. The minimum Gasteiger partial charge on any atom is -0.478 e. The molecule has 0 bridgehead atoms. The molecule has 0 fully saturated rings. The molecular formula is C16H22ClNO4. The SMILES string of the molecule is COC(=O)CCCCNC(=O)C(C)(C)Oc1ccc(Cl)cc1. The number of nitrogens with one attached hydrogen (secondary N) is 1. The first-order valence-corrected chi connectivity index (χ1v) is 7.52. The molecule has 1 amide bonds. The number of unbranched alkanes of at least 4 members (excludes halogenated alkanes) is 1. The number of benzene rings is 1. The van der Waals surface area contributed by atoms with Gasteiger partial charge in [0.1, 0.15) is 5.75 Å². The van der Waals surface area contributed by atoms with Crippen LogP contribution in [0.1, 0.15) is 33.1 Å². The van der Waals surface area contributed by atoms with Crippen LogP contribution in [0.25, 0.3) is 0 Å². The molecule has 0 saturated heterocycles. The van der Waals surface area contributed by atoms with Gasteiger partial charge in [0.05, 0.1) is 7.11 Å². The van der Waals surface area contributed by atoms with Gasteiger partial charge in [-0.3, -0.25) is 9.59 Å². The van der Waals surface area contributed by atoms with Crippen molar-refractivity contribution in [2.24, 2.45) is 0 Å². The highest BCUT2D eigenvalue weighted by atomic mass is 35.5. The monoisotopic (exact) mass is 327 g/mol. The summed E-state index contributed by atoms with van der Waals surface area (Å²) in [6, 6.07) is 6.84. The normalized spacial score (nSPS) is 10.9. The average molecular weight is 328 g/mol. The second-order valence-corrected chi connectivity index (χ2v) is 5.79. The molecule has 6 heteroatoms. The summed E-state index contributed by atoms with van der Waals surface area (Å²) in [7, 11) is 1.36. The molecule has 122 valence electrons. The van der Waals surface area contributed by atoms with Crippen LogP contribution in [0.4, 0.5) is 0 Å². The maximum Gasteiger partial charge on any atom is 0.305 e. The minimum absolute atomic E-state index is 0.208. The predicted octanol–water partition coefficient (Wildman–Crippen LogP) is 2.96. The van der Waals surface area contributed by atoms with E-state index in [1.54, 1.807) is 38.1 Å². The molecule has 0 atom stereocenters. The van der Waals surface area contributed by atoms with Crippen molar-refractivity contribution in [3.8, 4) is 5.75 Å². The van der Waals surface area contributed by atoms with Crippen molar-refractivity contribution >= 4 is 23.5 Å². The molecule has 0 heterocycles. The molecule has 0 radical (unpaired) electrons. The molecule has 0 aromatic heterocycles. The van der Waals surface area contributed by atoms with E-state index in [1.807, 2.05) is 0 Å². The number of amides is 1. The number of carbonyl (C=O) groups excluding carboxylic acids is 2. The van der Waals surface area contributed by atoms with Crippen molar-refractivity contribution in [1.82, 2.24) is 5.32 Å². The fourth-order valence-electron chi connectivity index (χ4n) is 1.75. The van der Waals surface area contributed by atoms with Gasteiger partial charge in [-0.25, -0.2) is 0 Å². The van der Waals surface area contributed by atoms with Crippen LogP contribution >= 0.6 is 11.6 Å². The molecule has 22 heavy (non-hydrogen) atoms. The van der Waals surface area contributed by atoms with Gasteiger partial charge in [0.25, 0.3) is 5.91 Å². The first-order valence-electron chi connectivity index (χ1n) is 7.15. The van der Waals surface area contributed by atoms with Gasteiger partial charge in [-0.05, 0) is 51.0 Å². The molecule has 0 aliphatic rings. The average Bonchev–Trinajstić information content (AvgIpc) is 2.48. The van der Waals surface area contributed by atoms with Crippen LogP contribution in [0.2, 0.25) is 5.02 Å². The number of halogens is 1. The van der Waals surface area contributed by atoms with E-state index in [2.05, 4.69) is 10.1 Å². The van der Waals surface area contributed by atoms with E-state index in [9.17, 15) is 9.59 Å². The lowest BCUT2D eigenvalue weighted by Gasteiger charge is -2.25. The number of rotatable bonds is 8. The highest BCUT2D eigenvalue weighted by Gasteiger charge is 2.29. The Balaban J connectivity index is 2.36. The highest BCUT2D eigenvalue weighted by molar-refractivity contribution is 6.30. The van der Waals surface area contributed by atoms with Crippen LogP contribution in [-0.2, 0) is 14.3 Å². The van der Waals surface area contributed by atoms with Crippen molar-refractivity contribution in [3.05, 3.63) is 29.3 Å². The van der Waals surface area contributed by atoms with Gasteiger partial charge < -0.3 is 14.8 Å². The van der Waals surface area contributed by atoms with Gasteiger partial charge in [-0.2, -0.15) is 0 Å². The second-order valence-electron chi connectivity index (χ2n) is 5.36. The van der Waals surface area contributed by atoms with Gasteiger partial charge >= 0.3 is 5.97 Å². The molecule has 0 spiro atoms. The topological polar surface area (TPSA) is 64.6 Å². The van der Waals surface area contributed by atoms with Crippen LogP contribution < -0.4 is 10.1 Å². The third kappa shape index (κ3) is 6.35. The van der Waals surface area contributed by atoms with Crippen molar-refractivity contribution in [3.63, 3.8) is 0 Å². The van der Waals surface area contributed by atoms with Gasteiger partial charge in [0, 0.05) is 18.0 Å². The fourth-order valence-corrected chi connectivity index (χ4v) is 1.88. The van der Waals surface area contributed by atoms with Crippen LogP contribution in [0.5, 0.6) is 5.75 Å². The summed E-state index contributed by atoms with van der Waals surface area (Å²) in [5.74, 6) is 0.133. The zero-order chi connectivity index (χ0) is 16.6. The summed E-state index contributed by atoms with van der Waals surface area (Å²) in [5.41, 5.74) is -0.990. The first-order chi connectivity index (χ1) is 10.3. The standard InChI is InChI=1S/C16H22ClNO4/c1-16(2,22-13-9-7-12(17)8-10-13)15(20)18-11-5-4-6-14(19)21-3/h7-10H,4-6,11H2,1-3H3,(H,18,20). The Morgan fingerprint density at radius 3 is 2.41 bits per heavy atom. The third-order valence-corrected chi connectivity index (χ3v) is 3.31. The molecule has 1 rings (SSSR count). The Morgan fingerprint density at radius 1 is 1.18 bits per heavy atom. The zero-order valence-electron chi connectivity index (χ0n) is 13.1. The van der Waals surface area contributed by atoms with Gasteiger partial charge in [-0.15, -0.1) is 0 Å². The Bertz CT molecular complexity index is 499. The van der Waals surface area contributed by atoms with E-state index in [0.717, 1.165) is 0 Å². The van der Waals surface area contributed by atoms with Crippen molar-refractivity contribution in [1.29, 1.82) is 0 Å². The molecule has 1 aromatic carbocycles. The van der Waals surface area contributed by atoms with Gasteiger partial charge in [0.15, 0.2) is 5.60 Å². The smallest absolute Gasteiger partial charge is 0.305 e. The quantitative estimate of drug-likeness (QED) is 0.589. The highest BCUT2D eigenvalue weighted by Crippen LogP contribution is 2.21. The molecule has 0 aliphatic carbocycles. The Morgan fingerprint density at radius 2 is 1.82 bits per heavy atom. The van der Waals surface area contributed by atoms with E-state index < -0.39 is 5.60 Å². The van der Waals surface area contributed by atoms with E-state index >= 15 is 0 Å². The molecule has 0 aliphatic heterocycles. The largest absolute Gasteiger partial charge is 0.478 e. The molecule has 1 N–H and O–H groups in total. The van der Waals surface area contributed by atoms with Crippen molar-refractivity contribution in [2.45, 2.75) is 38.7 Å². The molecule has 5 nitrogen and oxygen atoms in total. The summed E-state index contributed by atoms with van der Waals surface area (Å²) in [6.45, 7) is 3.89.